The molecule has 5 heteroatoms. The van der Waals surface area contributed by atoms with Gasteiger partial charge in [0.2, 0.25) is 0 Å². The molecular weight excluding hydrogens is 254 g/mol. The van der Waals surface area contributed by atoms with E-state index in [0.717, 1.165) is 25.9 Å². The van der Waals surface area contributed by atoms with E-state index in [-0.39, 0.29) is 5.91 Å². The Labute approximate surface area is 117 Å². The first-order valence-electron chi connectivity index (χ1n) is 6.67. The third kappa shape index (κ3) is 2.77. The highest BCUT2D eigenvalue weighted by Gasteiger charge is 2.19. The predicted molar refractivity (Wildman–Crippen MR) is 73.7 cm³/mol. The molecule has 0 bridgehead atoms. The Morgan fingerprint density at radius 1 is 1.05 bits per heavy atom. The van der Waals surface area contributed by atoms with Crippen LogP contribution in [-0.2, 0) is 0 Å². The van der Waals surface area contributed by atoms with E-state index in [0.29, 0.717) is 17.3 Å². The van der Waals surface area contributed by atoms with Crippen molar-refractivity contribution >= 4 is 5.91 Å². The first kappa shape index (κ1) is 12.6. The van der Waals surface area contributed by atoms with E-state index in [1.807, 2.05) is 4.90 Å². The van der Waals surface area contributed by atoms with Crippen molar-refractivity contribution < 1.29 is 9.53 Å². The summed E-state index contributed by atoms with van der Waals surface area (Å²) < 4.78 is 5.49. The maximum absolute atomic E-state index is 12.2. The monoisotopic (exact) mass is 269 g/mol. The Kier molecular flexibility index (Phi) is 3.58. The molecule has 1 aromatic carbocycles. The molecule has 3 rings (SSSR count). The minimum Gasteiger partial charge on any atom is -0.424 e. The number of ether oxygens (including phenoxy) is 1. The van der Waals surface area contributed by atoms with E-state index in [1.165, 1.54) is 0 Å². The zero-order valence-corrected chi connectivity index (χ0v) is 11.0. The van der Waals surface area contributed by atoms with Crippen LogP contribution in [0.2, 0.25) is 0 Å². The van der Waals surface area contributed by atoms with E-state index < -0.39 is 0 Å². The first-order valence-corrected chi connectivity index (χ1v) is 6.67. The summed E-state index contributed by atoms with van der Waals surface area (Å²) in [6.45, 7) is 1.71. The van der Waals surface area contributed by atoms with Crippen molar-refractivity contribution in [1.29, 1.82) is 0 Å². The van der Waals surface area contributed by atoms with Crippen LogP contribution in [0.5, 0.6) is 11.8 Å². The van der Waals surface area contributed by atoms with Gasteiger partial charge in [-0.25, -0.2) is 9.97 Å². The lowest BCUT2D eigenvalue weighted by Crippen LogP contribution is -2.27. The van der Waals surface area contributed by atoms with Crippen LogP contribution in [-0.4, -0.2) is 33.9 Å². The molecule has 1 fully saturated rings. The molecule has 2 aromatic rings. The Bertz CT molecular complexity index is 578. The van der Waals surface area contributed by atoms with Crippen molar-refractivity contribution in [2.75, 3.05) is 13.1 Å². The number of carbonyl (C=O) groups excluding carboxylic acids is 1. The number of hydrogen-bond donors (Lipinski definition) is 0. The second-order valence-corrected chi connectivity index (χ2v) is 4.66. The maximum atomic E-state index is 12.2. The lowest BCUT2D eigenvalue weighted by atomic mass is 10.2. The van der Waals surface area contributed by atoms with Gasteiger partial charge in [0.1, 0.15) is 5.75 Å². The summed E-state index contributed by atoms with van der Waals surface area (Å²) in [6.07, 6.45) is 5.43. The van der Waals surface area contributed by atoms with Crippen molar-refractivity contribution in [3.8, 4) is 11.8 Å². The third-order valence-corrected chi connectivity index (χ3v) is 3.25. The zero-order chi connectivity index (χ0) is 13.8. The molecule has 1 aliphatic heterocycles. The van der Waals surface area contributed by atoms with Crippen LogP contribution in [0.25, 0.3) is 0 Å². The van der Waals surface area contributed by atoms with Crippen molar-refractivity contribution in [2.24, 2.45) is 0 Å². The first-order chi connectivity index (χ1) is 9.83. The highest BCUT2D eigenvalue weighted by Crippen LogP contribution is 2.19. The normalized spacial score (nSPS) is 14.3. The van der Waals surface area contributed by atoms with E-state index in [1.54, 1.807) is 42.7 Å². The van der Waals surface area contributed by atoms with Crippen LogP contribution < -0.4 is 4.74 Å². The van der Waals surface area contributed by atoms with Gasteiger partial charge in [-0.3, -0.25) is 4.79 Å². The standard InChI is InChI=1S/C15H15N3O2/c19-14(18-10-1-2-11-18)12-4-6-13(7-5-12)20-15-16-8-3-9-17-15/h3-9H,1-2,10-11H2. The molecule has 0 saturated carbocycles. The predicted octanol–water partition coefficient (Wildman–Crippen LogP) is 2.50. The average molecular weight is 269 g/mol. The van der Waals surface area contributed by atoms with Gasteiger partial charge in [-0.05, 0) is 43.2 Å². The molecular formula is C15H15N3O2. The number of rotatable bonds is 3. The Balaban J connectivity index is 1.69. The van der Waals surface area contributed by atoms with Gasteiger partial charge < -0.3 is 9.64 Å². The number of amides is 1. The summed E-state index contributed by atoms with van der Waals surface area (Å²) in [5.74, 6) is 0.708. The molecule has 0 unspecified atom stereocenters. The van der Waals surface area contributed by atoms with E-state index in [4.69, 9.17) is 4.74 Å². The van der Waals surface area contributed by atoms with Gasteiger partial charge in [-0.15, -0.1) is 0 Å². The summed E-state index contributed by atoms with van der Waals surface area (Å²) >= 11 is 0. The number of nitrogens with zero attached hydrogens (tertiary/aromatic N) is 3. The number of hydrogen-bond acceptors (Lipinski definition) is 4. The maximum Gasteiger partial charge on any atom is 0.321 e. The fourth-order valence-corrected chi connectivity index (χ4v) is 2.21. The van der Waals surface area contributed by atoms with Crippen LogP contribution >= 0.6 is 0 Å². The molecule has 102 valence electrons. The lowest BCUT2D eigenvalue weighted by Gasteiger charge is -2.15. The minimum absolute atomic E-state index is 0.0880. The molecule has 0 atom stereocenters. The van der Waals surface area contributed by atoms with Crippen molar-refractivity contribution in [3.63, 3.8) is 0 Å². The molecule has 0 spiro atoms. The quantitative estimate of drug-likeness (QED) is 0.859. The van der Waals surface area contributed by atoms with Crippen molar-refractivity contribution in [2.45, 2.75) is 12.8 Å². The van der Waals surface area contributed by atoms with Crippen LogP contribution in [0.4, 0.5) is 0 Å². The highest BCUT2D eigenvalue weighted by molar-refractivity contribution is 5.94. The minimum atomic E-state index is 0.0880. The van der Waals surface area contributed by atoms with E-state index in [9.17, 15) is 4.79 Å². The van der Waals surface area contributed by atoms with Crippen LogP contribution in [0.15, 0.2) is 42.7 Å². The Hall–Kier alpha value is -2.43. The summed E-state index contributed by atoms with van der Waals surface area (Å²) in [7, 11) is 0. The fourth-order valence-electron chi connectivity index (χ4n) is 2.21. The highest BCUT2D eigenvalue weighted by atomic mass is 16.5. The van der Waals surface area contributed by atoms with E-state index >= 15 is 0 Å². The summed E-state index contributed by atoms with van der Waals surface area (Å²) in [5.41, 5.74) is 0.688. The average Bonchev–Trinajstić information content (AvgIpc) is 3.03. The van der Waals surface area contributed by atoms with Gasteiger partial charge in [-0.2, -0.15) is 0 Å². The van der Waals surface area contributed by atoms with E-state index in [2.05, 4.69) is 9.97 Å². The van der Waals surface area contributed by atoms with Gasteiger partial charge in [-0.1, -0.05) is 0 Å². The zero-order valence-electron chi connectivity index (χ0n) is 11.0. The second kappa shape index (κ2) is 5.69. The molecule has 5 nitrogen and oxygen atoms in total. The van der Waals surface area contributed by atoms with Gasteiger partial charge in [0, 0.05) is 31.0 Å². The summed E-state index contributed by atoms with van der Waals surface area (Å²) in [4.78, 5) is 22.0. The molecule has 2 heterocycles. The molecule has 1 saturated heterocycles. The Morgan fingerprint density at radius 3 is 2.35 bits per heavy atom. The number of carbonyl (C=O) groups is 1. The van der Waals surface area contributed by atoms with Crippen LogP contribution in [0.3, 0.4) is 0 Å². The largest absolute Gasteiger partial charge is 0.424 e. The molecule has 1 aliphatic rings. The summed E-state index contributed by atoms with van der Waals surface area (Å²) in [5, 5.41) is 0. The van der Waals surface area contributed by atoms with Crippen LogP contribution in [0.1, 0.15) is 23.2 Å². The molecule has 0 N–H and O–H groups in total. The number of likely N-dealkylation sites (tertiary alicyclic amines) is 1. The molecule has 1 aromatic heterocycles. The number of benzene rings is 1. The third-order valence-electron chi connectivity index (χ3n) is 3.25. The molecule has 0 aliphatic carbocycles. The SMILES string of the molecule is O=C(c1ccc(Oc2ncccn2)cc1)N1CCCC1. The van der Waals surface area contributed by atoms with Crippen molar-refractivity contribution in [1.82, 2.24) is 14.9 Å². The fraction of sp³-hybridized carbons (Fsp3) is 0.267. The second-order valence-electron chi connectivity index (χ2n) is 4.66. The van der Waals surface area contributed by atoms with Gasteiger partial charge in [0.05, 0.1) is 0 Å². The van der Waals surface area contributed by atoms with Crippen molar-refractivity contribution in [3.05, 3.63) is 48.3 Å². The van der Waals surface area contributed by atoms with Gasteiger partial charge >= 0.3 is 6.01 Å². The lowest BCUT2D eigenvalue weighted by molar-refractivity contribution is 0.0793. The summed E-state index contributed by atoms with van der Waals surface area (Å²) in [6, 6.07) is 9.10. The smallest absolute Gasteiger partial charge is 0.321 e. The van der Waals surface area contributed by atoms with Crippen LogP contribution in [0, 0.1) is 0 Å². The van der Waals surface area contributed by atoms with Gasteiger partial charge in [0.25, 0.3) is 5.91 Å². The topological polar surface area (TPSA) is 55.3 Å². The molecule has 20 heavy (non-hydrogen) atoms. The number of aromatic nitrogens is 2. The molecule has 1 amide bonds. The Morgan fingerprint density at radius 2 is 1.70 bits per heavy atom. The molecule has 0 radical (unpaired) electrons. The van der Waals surface area contributed by atoms with Gasteiger partial charge in [0.15, 0.2) is 0 Å².